The molecule has 5 nitrogen and oxygen atoms in total. The minimum Gasteiger partial charge on any atom is -0.490 e. The van der Waals surface area contributed by atoms with Gasteiger partial charge in [-0.2, -0.15) is 5.26 Å². The second-order valence-corrected chi connectivity index (χ2v) is 8.66. The first kappa shape index (κ1) is 25.1. The van der Waals surface area contributed by atoms with Crippen LogP contribution in [0.2, 0.25) is 10.0 Å². The lowest BCUT2D eigenvalue weighted by Gasteiger charge is -2.15. The molecule has 0 aromatic heterocycles. The summed E-state index contributed by atoms with van der Waals surface area (Å²) < 4.78 is 11.9. The Balaban J connectivity index is 1.59. The summed E-state index contributed by atoms with van der Waals surface area (Å²) in [6, 6.07) is 26.0. The van der Waals surface area contributed by atoms with Crippen molar-refractivity contribution in [2.24, 2.45) is 0 Å². The van der Waals surface area contributed by atoms with Crippen LogP contribution in [0, 0.1) is 11.3 Å². The second kappa shape index (κ2) is 11.6. The Bertz CT molecular complexity index is 1470. The Morgan fingerprint density at radius 3 is 2.50 bits per heavy atom. The van der Waals surface area contributed by atoms with Gasteiger partial charge in [0.2, 0.25) is 0 Å². The summed E-state index contributed by atoms with van der Waals surface area (Å²) in [5.41, 5.74) is 1.98. The van der Waals surface area contributed by atoms with Gasteiger partial charge in [0.25, 0.3) is 5.91 Å². The SMILES string of the molecule is CCOc1cc(/C=C(\C#N)C(=O)Nc2ccc(Cl)cc2)cc(Cl)c1OCc1cccc2ccccc12. The topological polar surface area (TPSA) is 71.3 Å². The molecule has 0 unspecified atom stereocenters. The summed E-state index contributed by atoms with van der Waals surface area (Å²) in [5.74, 6) is 0.268. The van der Waals surface area contributed by atoms with Crippen molar-refractivity contribution in [3.8, 4) is 17.6 Å². The van der Waals surface area contributed by atoms with Crippen molar-refractivity contribution < 1.29 is 14.3 Å². The predicted octanol–water partition coefficient (Wildman–Crippen LogP) is 7.67. The molecule has 0 saturated heterocycles. The molecule has 0 fully saturated rings. The zero-order chi connectivity index (χ0) is 25.5. The van der Waals surface area contributed by atoms with Crippen molar-refractivity contribution in [1.82, 2.24) is 0 Å². The lowest BCUT2D eigenvalue weighted by molar-refractivity contribution is -0.112. The number of nitrogens with one attached hydrogen (secondary N) is 1. The summed E-state index contributed by atoms with van der Waals surface area (Å²) in [7, 11) is 0. The molecule has 0 aliphatic carbocycles. The van der Waals surface area contributed by atoms with Gasteiger partial charge in [0.05, 0.1) is 11.6 Å². The molecule has 1 amide bonds. The number of hydrogen-bond acceptors (Lipinski definition) is 4. The first-order chi connectivity index (χ1) is 17.5. The summed E-state index contributed by atoms with van der Waals surface area (Å²) >= 11 is 12.5. The largest absolute Gasteiger partial charge is 0.490 e. The van der Waals surface area contributed by atoms with Crippen LogP contribution in [0.15, 0.2) is 84.4 Å². The molecule has 4 rings (SSSR count). The zero-order valence-electron chi connectivity index (χ0n) is 19.4. The van der Waals surface area contributed by atoms with Crippen molar-refractivity contribution in [2.45, 2.75) is 13.5 Å². The van der Waals surface area contributed by atoms with Crippen LogP contribution in [-0.2, 0) is 11.4 Å². The number of fused-ring (bicyclic) bond motifs is 1. The number of rotatable bonds is 8. The van der Waals surface area contributed by atoms with E-state index >= 15 is 0 Å². The number of carbonyl (C=O) groups excluding carboxylic acids is 1. The van der Waals surface area contributed by atoms with E-state index in [2.05, 4.69) is 17.4 Å². The predicted molar refractivity (Wildman–Crippen MR) is 145 cm³/mol. The highest BCUT2D eigenvalue weighted by Gasteiger charge is 2.15. The Labute approximate surface area is 219 Å². The number of halogens is 2. The highest BCUT2D eigenvalue weighted by Crippen LogP contribution is 2.38. The van der Waals surface area contributed by atoms with Crippen molar-refractivity contribution >= 4 is 51.6 Å². The van der Waals surface area contributed by atoms with Crippen molar-refractivity contribution in [2.75, 3.05) is 11.9 Å². The lowest BCUT2D eigenvalue weighted by Crippen LogP contribution is -2.13. The molecule has 4 aromatic carbocycles. The molecule has 0 aliphatic rings. The molecule has 0 spiro atoms. The number of anilines is 1. The third kappa shape index (κ3) is 5.98. The van der Waals surface area contributed by atoms with Gasteiger partial charge in [0.15, 0.2) is 11.5 Å². The normalized spacial score (nSPS) is 11.1. The molecule has 0 aliphatic heterocycles. The number of carbonyl (C=O) groups is 1. The van der Waals surface area contributed by atoms with Gasteiger partial charge in [-0.15, -0.1) is 0 Å². The van der Waals surface area contributed by atoms with Crippen molar-refractivity contribution in [1.29, 1.82) is 5.26 Å². The average molecular weight is 517 g/mol. The van der Waals surface area contributed by atoms with E-state index in [1.165, 1.54) is 6.08 Å². The highest BCUT2D eigenvalue weighted by molar-refractivity contribution is 6.32. The van der Waals surface area contributed by atoms with Crippen LogP contribution in [0.3, 0.4) is 0 Å². The summed E-state index contributed by atoms with van der Waals surface area (Å²) in [6.45, 7) is 2.53. The maximum absolute atomic E-state index is 12.6. The average Bonchev–Trinajstić information content (AvgIpc) is 2.88. The first-order valence-corrected chi connectivity index (χ1v) is 12.0. The molecular weight excluding hydrogens is 495 g/mol. The van der Waals surface area contributed by atoms with Gasteiger partial charge < -0.3 is 14.8 Å². The molecular formula is C29H22Cl2N2O3. The Kier molecular flexibility index (Phi) is 8.12. The zero-order valence-corrected chi connectivity index (χ0v) is 20.9. The van der Waals surface area contributed by atoms with Crippen LogP contribution in [0.25, 0.3) is 16.8 Å². The number of hydrogen-bond donors (Lipinski definition) is 1. The Morgan fingerprint density at radius 1 is 1.00 bits per heavy atom. The molecule has 180 valence electrons. The standard InChI is InChI=1S/C29H22Cl2N2O3/c1-2-35-27-16-19(14-22(17-32)29(34)33-24-12-10-23(30)11-13-24)15-26(31)28(27)36-18-21-8-5-7-20-6-3-4-9-25(20)21/h3-16H,2,18H2,1H3,(H,33,34)/b22-14+. The molecule has 0 heterocycles. The smallest absolute Gasteiger partial charge is 0.266 e. The number of nitrogens with zero attached hydrogens (tertiary/aromatic N) is 1. The maximum atomic E-state index is 12.6. The van der Waals surface area contributed by atoms with E-state index in [-0.39, 0.29) is 5.57 Å². The van der Waals surface area contributed by atoms with Crippen molar-refractivity contribution in [3.05, 3.63) is 106 Å². The fraction of sp³-hybridized carbons (Fsp3) is 0.103. The Hall–Kier alpha value is -3.98. The van der Waals surface area contributed by atoms with E-state index in [1.54, 1.807) is 36.4 Å². The molecule has 0 atom stereocenters. The summed E-state index contributed by atoms with van der Waals surface area (Å²) in [6.07, 6.45) is 1.45. The summed E-state index contributed by atoms with van der Waals surface area (Å²) in [4.78, 5) is 12.6. The van der Waals surface area contributed by atoms with Crippen LogP contribution in [0.1, 0.15) is 18.1 Å². The second-order valence-electron chi connectivity index (χ2n) is 7.82. The maximum Gasteiger partial charge on any atom is 0.266 e. The van der Waals surface area contributed by atoms with Crippen LogP contribution in [0.4, 0.5) is 5.69 Å². The molecule has 0 bridgehead atoms. The molecule has 1 N–H and O–H groups in total. The van der Waals surface area contributed by atoms with Gasteiger partial charge >= 0.3 is 0 Å². The monoisotopic (exact) mass is 516 g/mol. The van der Waals surface area contributed by atoms with Crippen molar-refractivity contribution in [3.63, 3.8) is 0 Å². The number of amides is 1. The first-order valence-electron chi connectivity index (χ1n) is 11.2. The van der Waals surface area contributed by atoms with E-state index in [0.29, 0.717) is 46.0 Å². The third-order valence-corrected chi connectivity index (χ3v) is 5.89. The molecule has 36 heavy (non-hydrogen) atoms. The molecule has 0 radical (unpaired) electrons. The lowest BCUT2D eigenvalue weighted by atomic mass is 10.1. The summed E-state index contributed by atoms with van der Waals surface area (Å²) in [5, 5.41) is 15.3. The van der Waals surface area contributed by atoms with Gasteiger partial charge in [-0.25, -0.2) is 0 Å². The fourth-order valence-electron chi connectivity index (χ4n) is 3.69. The van der Waals surface area contributed by atoms with E-state index in [1.807, 2.05) is 43.3 Å². The van der Waals surface area contributed by atoms with E-state index < -0.39 is 5.91 Å². The van der Waals surface area contributed by atoms with Gasteiger partial charge in [0, 0.05) is 10.7 Å². The van der Waals surface area contributed by atoms with Crippen LogP contribution < -0.4 is 14.8 Å². The fourth-order valence-corrected chi connectivity index (χ4v) is 4.09. The van der Waals surface area contributed by atoms with Crippen LogP contribution in [-0.4, -0.2) is 12.5 Å². The van der Waals surface area contributed by atoms with E-state index in [9.17, 15) is 10.1 Å². The Morgan fingerprint density at radius 2 is 1.75 bits per heavy atom. The third-order valence-electron chi connectivity index (χ3n) is 5.36. The van der Waals surface area contributed by atoms with Crippen LogP contribution >= 0.6 is 23.2 Å². The highest BCUT2D eigenvalue weighted by atomic mass is 35.5. The van der Waals surface area contributed by atoms with Gasteiger partial charge in [-0.05, 0) is 71.3 Å². The molecule has 0 saturated carbocycles. The van der Waals surface area contributed by atoms with Crippen LogP contribution in [0.5, 0.6) is 11.5 Å². The number of benzene rings is 4. The number of ether oxygens (including phenoxy) is 2. The number of nitriles is 1. The van der Waals surface area contributed by atoms with E-state index in [0.717, 1.165) is 16.3 Å². The minimum atomic E-state index is -0.551. The quantitative estimate of drug-likeness (QED) is 0.192. The van der Waals surface area contributed by atoms with E-state index in [4.69, 9.17) is 32.7 Å². The molecule has 4 aromatic rings. The van der Waals surface area contributed by atoms with Gasteiger partial charge in [0.1, 0.15) is 18.2 Å². The molecule has 7 heteroatoms. The van der Waals surface area contributed by atoms with Gasteiger partial charge in [-0.3, -0.25) is 4.79 Å². The minimum absolute atomic E-state index is 0.0899. The van der Waals surface area contributed by atoms with Gasteiger partial charge in [-0.1, -0.05) is 65.7 Å².